The molecule has 1 aromatic heterocycles. The fourth-order valence-corrected chi connectivity index (χ4v) is 2.97. The molecule has 1 atom stereocenters. The van der Waals surface area contributed by atoms with Crippen LogP contribution in [0.15, 0.2) is 48.7 Å². The SMILES string of the molecule is C=S(C)(=O)Nc1ccc2nccc(Oc3cc(O)ccc3C)c2c1. The number of aryl methyl sites for hydroxylation is 1. The zero-order chi connectivity index (χ0) is 17.3. The summed E-state index contributed by atoms with van der Waals surface area (Å²) in [5.74, 6) is 4.91. The van der Waals surface area contributed by atoms with E-state index in [9.17, 15) is 9.32 Å². The maximum Gasteiger partial charge on any atom is 0.138 e. The number of nitrogens with one attached hydrogen (secondary N) is 1. The van der Waals surface area contributed by atoms with Crippen LogP contribution >= 0.6 is 0 Å². The maximum absolute atomic E-state index is 11.9. The second kappa shape index (κ2) is 6.05. The lowest BCUT2D eigenvalue weighted by molar-refractivity contribution is 0.455. The van der Waals surface area contributed by atoms with Crippen LogP contribution in [0.1, 0.15) is 5.56 Å². The highest BCUT2D eigenvalue weighted by atomic mass is 32.2. The standard InChI is InChI=1S/C18H18N2O3S/c1-12-4-6-14(21)11-18(12)23-17-8-9-19-16-7-5-13(10-15(16)17)20-24(2,3)22/h4-11,21H,2H2,1,3H3,(H,20,22). The second-order valence-corrected chi connectivity index (χ2v) is 7.91. The van der Waals surface area contributed by atoms with Gasteiger partial charge in [0.1, 0.15) is 17.2 Å². The van der Waals surface area contributed by atoms with Crippen LogP contribution in [-0.4, -0.2) is 26.4 Å². The Morgan fingerprint density at radius 2 is 1.96 bits per heavy atom. The van der Waals surface area contributed by atoms with Crippen LogP contribution in [0.25, 0.3) is 10.9 Å². The van der Waals surface area contributed by atoms with Crippen molar-refractivity contribution in [2.45, 2.75) is 6.92 Å². The van der Waals surface area contributed by atoms with E-state index >= 15 is 0 Å². The molecule has 5 nitrogen and oxygen atoms in total. The van der Waals surface area contributed by atoms with Gasteiger partial charge in [-0.25, -0.2) is 4.21 Å². The summed E-state index contributed by atoms with van der Waals surface area (Å²) in [5, 5.41) is 10.4. The molecular weight excluding hydrogens is 324 g/mol. The van der Waals surface area contributed by atoms with E-state index in [2.05, 4.69) is 15.6 Å². The van der Waals surface area contributed by atoms with E-state index in [1.165, 1.54) is 6.26 Å². The number of phenolic OH excluding ortho intramolecular Hbond substituents is 1. The number of phenols is 1. The molecule has 1 heterocycles. The Labute approximate surface area is 141 Å². The van der Waals surface area contributed by atoms with Crippen LogP contribution < -0.4 is 9.46 Å². The number of pyridine rings is 1. The monoisotopic (exact) mass is 342 g/mol. The van der Waals surface area contributed by atoms with E-state index in [0.717, 1.165) is 16.5 Å². The molecule has 0 saturated carbocycles. The first-order valence-electron chi connectivity index (χ1n) is 7.28. The van der Waals surface area contributed by atoms with E-state index in [-0.39, 0.29) is 5.75 Å². The summed E-state index contributed by atoms with van der Waals surface area (Å²) in [6, 6.07) is 12.2. The average molecular weight is 342 g/mol. The van der Waals surface area contributed by atoms with Crippen LogP contribution in [0.4, 0.5) is 5.69 Å². The lowest BCUT2D eigenvalue weighted by Crippen LogP contribution is -2.09. The molecule has 3 aromatic rings. The fourth-order valence-electron chi connectivity index (χ4n) is 2.34. The molecule has 2 aromatic carbocycles. The Morgan fingerprint density at radius 1 is 1.17 bits per heavy atom. The highest BCUT2D eigenvalue weighted by molar-refractivity contribution is 8.00. The lowest BCUT2D eigenvalue weighted by atomic mass is 10.1. The van der Waals surface area contributed by atoms with Gasteiger partial charge < -0.3 is 14.6 Å². The van der Waals surface area contributed by atoms with Gasteiger partial charge in [-0.2, -0.15) is 0 Å². The van der Waals surface area contributed by atoms with Crippen molar-refractivity contribution in [1.29, 1.82) is 0 Å². The summed E-state index contributed by atoms with van der Waals surface area (Å²) < 4.78 is 20.7. The number of hydrogen-bond acceptors (Lipinski definition) is 4. The molecule has 24 heavy (non-hydrogen) atoms. The first-order valence-corrected chi connectivity index (χ1v) is 9.41. The highest BCUT2D eigenvalue weighted by Gasteiger charge is 2.09. The number of hydrogen-bond donors (Lipinski definition) is 2. The third-order valence-electron chi connectivity index (χ3n) is 3.43. The Kier molecular flexibility index (Phi) is 4.07. The van der Waals surface area contributed by atoms with Crippen molar-refractivity contribution in [1.82, 2.24) is 4.98 Å². The van der Waals surface area contributed by atoms with Gasteiger partial charge >= 0.3 is 0 Å². The summed E-state index contributed by atoms with van der Waals surface area (Å²) in [6.45, 7) is 1.90. The van der Waals surface area contributed by atoms with Crippen molar-refractivity contribution in [2.75, 3.05) is 11.0 Å². The minimum absolute atomic E-state index is 0.138. The molecule has 0 bridgehead atoms. The normalized spacial score (nSPS) is 13.4. The predicted molar refractivity (Wildman–Crippen MR) is 99.5 cm³/mol. The number of aromatic nitrogens is 1. The third kappa shape index (κ3) is 3.60. The maximum atomic E-state index is 11.9. The number of benzene rings is 2. The van der Waals surface area contributed by atoms with Crippen LogP contribution in [0.5, 0.6) is 17.2 Å². The van der Waals surface area contributed by atoms with Gasteiger partial charge in [-0.3, -0.25) is 4.98 Å². The molecule has 3 rings (SSSR count). The highest BCUT2D eigenvalue weighted by Crippen LogP contribution is 2.33. The summed E-state index contributed by atoms with van der Waals surface area (Å²) >= 11 is 0. The quantitative estimate of drug-likeness (QED) is 0.709. The molecule has 0 aliphatic heterocycles. The first-order chi connectivity index (χ1) is 11.3. The Balaban J connectivity index is 2.07. The van der Waals surface area contributed by atoms with E-state index < -0.39 is 9.71 Å². The molecule has 2 N–H and O–H groups in total. The first kappa shape index (κ1) is 16.1. The predicted octanol–water partition coefficient (Wildman–Crippen LogP) is 3.71. The molecule has 124 valence electrons. The third-order valence-corrected chi connectivity index (χ3v) is 4.09. The average Bonchev–Trinajstić information content (AvgIpc) is 2.50. The molecule has 0 spiro atoms. The Morgan fingerprint density at radius 3 is 2.71 bits per heavy atom. The number of rotatable bonds is 4. The topological polar surface area (TPSA) is 71.5 Å². The van der Waals surface area contributed by atoms with E-state index in [0.29, 0.717) is 17.2 Å². The number of anilines is 1. The van der Waals surface area contributed by atoms with E-state index in [1.54, 1.807) is 36.5 Å². The molecule has 0 amide bonds. The van der Waals surface area contributed by atoms with Crippen molar-refractivity contribution in [2.24, 2.45) is 0 Å². The largest absolute Gasteiger partial charge is 0.508 e. The van der Waals surface area contributed by atoms with Gasteiger partial charge in [0.15, 0.2) is 0 Å². The smallest absolute Gasteiger partial charge is 0.138 e. The van der Waals surface area contributed by atoms with Crippen molar-refractivity contribution in [3.8, 4) is 17.2 Å². The van der Waals surface area contributed by atoms with Crippen molar-refractivity contribution < 1.29 is 14.1 Å². The van der Waals surface area contributed by atoms with Crippen LogP contribution in [0.2, 0.25) is 0 Å². The van der Waals surface area contributed by atoms with Gasteiger partial charge in [0.25, 0.3) is 0 Å². The lowest BCUT2D eigenvalue weighted by Gasteiger charge is -2.13. The molecule has 0 aliphatic carbocycles. The molecule has 0 saturated heterocycles. The van der Waals surface area contributed by atoms with Gasteiger partial charge in [-0.05, 0) is 48.7 Å². The summed E-state index contributed by atoms with van der Waals surface area (Å²) in [7, 11) is -2.37. The zero-order valence-electron chi connectivity index (χ0n) is 13.4. The molecule has 0 radical (unpaired) electrons. The van der Waals surface area contributed by atoms with E-state index in [4.69, 9.17) is 4.74 Å². The van der Waals surface area contributed by atoms with Crippen LogP contribution in [0.3, 0.4) is 0 Å². The minimum atomic E-state index is -2.37. The molecule has 0 fully saturated rings. The van der Waals surface area contributed by atoms with Gasteiger partial charge in [0.2, 0.25) is 0 Å². The minimum Gasteiger partial charge on any atom is -0.508 e. The number of ether oxygens (including phenoxy) is 1. The summed E-state index contributed by atoms with van der Waals surface area (Å²) in [4.78, 5) is 4.32. The van der Waals surface area contributed by atoms with Crippen molar-refractivity contribution in [3.63, 3.8) is 0 Å². The summed E-state index contributed by atoms with van der Waals surface area (Å²) in [5.41, 5.74) is 2.33. The van der Waals surface area contributed by atoms with Gasteiger partial charge in [0, 0.05) is 39.3 Å². The fraction of sp³-hybridized carbons (Fsp3) is 0.111. The van der Waals surface area contributed by atoms with Gasteiger partial charge in [0.05, 0.1) is 5.52 Å². The molecular formula is C18H18N2O3S. The molecule has 1 unspecified atom stereocenters. The van der Waals surface area contributed by atoms with Crippen molar-refractivity contribution >= 4 is 32.2 Å². The van der Waals surface area contributed by atoms with E-state index in [1.807, 2.05) is 19.1 Å². The number of fused-ring (bicyclic) bond motifs is 1. The Bertz CT molecular complexity index is 1010. The number of nitrogens with zero attached hydrogens (tertiary/aromatic N) is 1. The Hall–Kier alpha value is -2.73. The number of aromatic hydroxyl groups is 1. The summed E-state index contributed by atoms with van der Waals surface area (Å²) in [6.07, 6.45) is 3.20. The second-order valence-electron chi connectivity index (χ2n) is 5.70. The zero-order valence-corrected chi connectivity index (χ0v) is 14.3. The van der Waals surface area contributed by atoms with Crippen LogP contribution in [-0.2, 0) is 9.71 Å². The van der Waals surface area contributed by atoms with Crippen LogP contribution in [0, 0.1) is 6.92 Å². The van der Waals surface area contributed by atoms with Crippen molar-refractivity contribution in [3.05, 3.63) is 54.2 Å². The van der Waals surface area contributed by atoms with Gasteiger partial charge in [-0.1, -0.05) is 6.07 Å². The van der Waals surface area contributed by atoms with Gasteiger partial charge in [-0.15, -0.1) is 0 Å². The molecule has 0 aliphatic rings. The molecule has 6 heteroatoms.